The average Bonchev–Trinajstić information content (AvgIpc) is 2.05. The third kappa shape index (κ3) is 2.06. The molecule has 1 nitrogen and oxygen atoms in total. The molecule has 2 heteroatoms. The number of rotatable bonds is 3. The van der Waals surface area contributed by atoms with Gasteiger partial charge in [-0.2, -0.15) is 0 Å². The molecule has 1 rings (SSSR count). The van der Waals surface area contributed by atoms with Crippen LogP contribution in [0.2, 0.25) is 0 Å². The summed E-state index contributed by atoms with van der Waals surface area (Å²) in [4.78, 5) is 0. The quantitative estimate of drug-likeness (QED) is 0.638. The van der Waals surface area contributed by atoms with Crippen LogP contribution < -0.4 is 0 Å². The Morgan fingerprint density at radius 3 is 2.75 bits per heavy atom. The lowest BCUT2D eigenvalue weighted by atomic mass is 10.0. The second kappa shape index (κ2) is 4.23. The minimum Gasteiger partial charge on any atom is -0.424 e. The Morgan fingerprint density at radius 1 is 1.50 bits per heavy atom. The summed E-state index contributed by atoms with van der Waals surface area (Å²) in [5.74, 6) is 0. The van der Waals surface area contributed by atoms with Crippen LogP contribution >= 0.6 is 0 Å². The topological polar surface area (TPSA) is 9.23 Å². The molecule has 0 aliphatic heterocycles. The number of benzene rings is 1. The van der Waals surface area contributed by atoms with E-state index < -0.39 is 0 Å². The molecule has 0 N–H and O–H groups in total. The van der Waals surface area contributed by atoms with Crippen molar-refractivity contribution in [3.8, 4) is 0 Å². The van der Waals surface area contributed by atoms with Crippen molar-refractivity contribution in [2.24, 2.45) is 0 Å². The second-order valence-electron chi connectivity index (χ2n) is 2.87. The van der Waals surface area contributed by atoms with Gasteiger partial charge in [-0.1, -0.05) is 36.4 Å². The van der Waals surface area contributed by atoms with Crippen molar-refractivity contribution in [1.29, 1.82) is 0 Å². The van der Waals surface area contributed by atoms with Crippen molar-refractivity contribution in [1.82, 2.24) is 0 Å². The lowest BCUT2D eigenvalue weighted by Crippen LogP contribution is -1.93. The summed E-state index contributed by atoms with van der Waals surface area (Å²) in [6.45, 7) is 6.66. The fourth-order valence-corrected chi connectivity index (χ4v) is 1.53. The molecule has 0 aliphatic rings. The summed E-state index contributed by atoms with van der Waals surface area (Å²) in [6.07, 6.45) is 0. The first-order valence-electron chi connectivity index (χ1n) is 3.98. The van der Waals surface area contributed by atoms with E-state index in [1.54, 1.807) is 0 Å². The van der Waals surface area contributed by atoms with Gasteiger partial charge in [-0.25, -0.2) is 0 Å². The van der Waals surface area contributed by atoms with Crippen LogP contribution in [0.25, 0.3) is 5.57 Å². The van der Waals surface area contributed by atoms with Gasteiger partial charge in [0.25, 0.3) is 0 Å². The predicted molar refractivity (Wildman–Crippen MR) is 55.9 cm³/mol. The lowest BCUT2D eigenvalue weighted by molar-refractivity contribution is 0.338. The molecule has 12 heavy (non-hydrogen) atoms. The van der Waals surface area contributed by atoms with E-state index in [0.717, 1.165) is 22.7 Å². The molecule has 0 saturated carbocycles. The molecule has 64 valence electrons. The number of hydrogen-bond acceptors (Lipinski definition) is 1. The van der Waals surface area contributed by atoms with Crippen LogP contribution in [0.5, 0.6) is 0 Å². The van der Waals surface area contributed by atoms with Gasteiger partial charge in [0.1, 0.15) is 10.5 Å². The maximum absolute atomic E-state index is 5.22. The lowest BCUT2D eigenvalue weighted by Gasteiger charge is -2.07. The molecular weight excluding hydrogens is 164 g/mol. The normalized spacial score (nSPS) is 10.1. The van der Waals surface area contributed by atoms with E-state index in [-0.39, 0.29) is 0 Å². The fraction of sp³-hybridized carbons (Fsp3) is 0.200. The van der Waals surface area contributed by atoms with Crippen LogP contribution in [0.4, 0.5) is 0 Å². The van der Waals surface area contributed by atoms with Gasteiger partial charge in [0, 0.05) is 0 Å². The van der Waals surface area contributed by atoms with Crippen LogP contribution in [0.1, 0.15) is 18.1 Å². The van der Waals surface area contributed by atoms with Crippen molar-refractivity contribution in [3.05, 3.63) is 42.0 Å². The van der Waals surface area contributed by atoms with Crippen molar-refractivity contribution in [2.45, 2.75) is 13.5 Å². The molecule has 0 fully saturated rings. The zero-order chi connectivity index (χ0) is 8.97. The van der Waals surface area contributed by atoms with Crippen molar-refractivity contribution in [2.75, 3.05) is 0 Å². The van der Waals surface area contributed by atoms with Crippen LogP contribution in [0.3, 0.4) is 0 Å². The van der Waals surface area contributed by atoms with Gasteiger partial charge in [0.05, 0.1) is 6.61 Å². The van der Waals surface area contributed by atoms with E-state index in [1.807, 2.05) is 19.1 Å². The largest absolute Gasteiger partial charge is 0.424 e. The Hall–Kier alpha value is -0.863. The number of hydrogen-bond donors (Lipinski definition) is 0. The zero-order valence-corrected chi connectivity index (χ0v) is 9.63. The van der Waals surface area contributed by atoms with Crippen molar-refractivity contribution < 1.29 is 4.43 Å². The van der Waals surface area contributed by atoms with Gasteiger partial charge in [0.2, 0.25) is 0 Å². The van der Waals surface area contributed by atoms with Crippen LogP contribution in [-0.4, -0.2) is 10.5 Å². The fourth-order valence-electron chi connectivity index (χ4n) is 1.22. The molecule has 0 unspecified atom stereocenters. The molecule has 0 saturated heterocycles. The second-order valence-corrected chi connectivity index (χ2v) is 3.45. The first-order chi connectivity index (χ1) is 5.75. The van der Waals surface area contributed by atoms with Gasteiger partial charge in [-0.05, 0) is 18.1 Å². The van der Waals surface area contributed by atoms with E-state index in [0.29, 0.717) is 0 Å². The smallest absolute Gasteiger partial charge is 0.146 e. The van der Waals surface area contributed by atoms with Gasteiger partial charge in [-0.3, -0.25) is 0 Å². The van der Waals surface area contributed by atoms with E-state index in [4.69, 9.17) is 4.43 Å². The number of allylic oxidation sites excluding steroid dienone is 1. The maximum atomic E-state index is 5.22. The molecule has 0 radical (unpaired) electrons. The molecule has 0 aromatic heterocycles. The highest BCUT2D eigenvalue weighted by molar-refractivity contribution is 5.97. The summed E-state index contributed by atoms with van der Waals surface area (Å²) in [6, 6.07) is 8.23. The summed E-state index contributed by atoms with van der Waals surface area (Å²) >= 11 is 0. The van der Waals surface area contributed by atoms with E-state index in [1.165, 1.54) is 11.1 Å². The summed E-state index contributed by atoms with van der Waals surface area (Å²) in [5, 5.41) is 0. The standard InChI is InChI=1S/C10H14OSi/c1-8(2)10-6-4-3-5-9(10)7-11-12/h3-6H,1,7H2,2,12H3. The first kappa shape index (κ1) is 9.23. The van der Waals surface area contributed by atoms with Crippen molar-refractivity contribution in [3.63, 3.8) is 0 Å². The van der Waals surface area contributed by atoms with E-state index in [9.17, 15) is 0 Å². The predicted octanol–water partition coefficient (Wildman–Crippen LogP) is 1.52. The Balaban J connectivity index is 3.00. The highest BCUT2D eigenvalue weighted by atomic mass is 28.2. The molecule has 1 aromatic carbocycles. The molecule has 0 aliphatic carbocycles. The Bertz CT molecular complexity index is 281. The summed E-state index contributed by atoms with van der Waals surface area (Å²) < 4.78 is 5.22. The monoisotopic (exact) mass is 178 g/mol. The molecule has 0 amide bonds. The average molecular weight is 178 g/mol. The van der Waals surface area contributed by atoms with Crippen LogP contribution in [-0.2, 0) is 11.0 Å². The summed E-state index contributed by atoms with van der Waals surface area (Å²) in [7, 11) is 0.788. The van der Waals surface area contributed by atoms with Crippen molar-refractivity contribution >= 4 is 16.1 Å². The molecule has 1 aromatic rings. The molecule has 0 bridgehead atoms. The van der Waals surface area contributed by atoms with Crippen LogP contribution in [0.15, 0.2) is 30.8 Å². The Morgan fingerprint density at radius 2 is 2.17 bits per heavy atom. The van der Waals surface area contributed by atoms with Gasteiger partial charge >= 0.3 is 0 Å². The molecular formula is C10H14OSi. The minimum atomic E-state index is 0.718. The molecule has 0 atom stereocenters. The molecule has 0 spiro atoms. The zero-order valence-electron chi connectivity index (χ0n) is 7.63. The van der Waals surface area contributed by atoms with Crippen LogP contribution in [0, 0.1) is 0 Å². The minimum absolute atomic E-state index is 0.718. The molecule has 0 heterocycles. The van der Waals surface area contributed by atoms with E-state index >= 15 is 0 Å². The Labute approximate surface area is 76.6 Å². The third-order valence-corrected chi connectivity index (χ3v) is 2.07. The van der Waals surface area contributed by atoms with Gasteiger partial charge < -0.3 is 4.43 Å². The van der Waals surface area contributed by atoms with Gasteiger partial charge in [-0.15, -0.1) is 0 Å². The van der Waals surface area contributed by atoms with E-state index in [2.05, 4.69) is 18.7 Å². The Kier molecular flexibility index (Phi) is 3.26. The highest BCUT2D eigenvalue weighted by Gasteiger charge is 1.99. The highest BCUT2D eigenvalue weighted by Crippen LogP contribution is 2.17. The third-order valence-electron chi connectivity index (χ3n) is 1.78. The first-order valence-corrected chi connectivity index (χ1v) is 4.80. The SMILES string of the molecule is C=C(C)c1ccccc1CO[SiH3]. The summed E-state index contributed by atoms with van der Waals surface area (Å²) in [5.41, 5.74) is 3.55. The maximum Gasteiger partial charge on any atom is 0.146 e. The van der Waals surface area contributed by atoms with Gasteiger partial charge in [0.15, 0.2) is 0 Å².